The van der Waals surface area contributed by atoms with E-state index in [2.05, 4.69) is 27.4 Å². The molecule has 1 N–H and O–H groups in total. The third kappa shape index (κ3) is 2.80. The second-order valence-electron chi connectivity index (χ2n) is 6.22. The lowest BCUT2D eigenvalue weighted by Crippen LogP contribution is -2.42. The van der Waals surface area contributed by atoms with Gasteiger partial charge in [-0.25, -0.2) is 9.37 Å². The number of pyridine rings is 1. The molecule has 4 rings (SSSR count). The fraction of sp³-hybridized carbons (Fsp3) is 0.263. The first-order valence-electron chi connectivity index (χ1n) is 8.13. The molecule has 1 saturated carbocycles. The van der Waals surface area contributed by atoms with Crippen molar-refractivity contribution < 1.29 is 4.39 Å². The molecule has 0 spiro atoms. The van der Waals surface area contributed by atoms with Crippen LogP contribution in [-0.2, 0) is 5.41 Å². The summed E-state index contributed by atoms with van der Waals surface area (Å²) in [5.41, 5.74) is 1.52. The molecule has 2 heterocycles. The Hall–Kier alpha value is -2.27. The number of hydrogen-bond acceptors (Lipinski definition) is 4. The van der Waals surface area contributed by atoms with Crippen molar-refractivity contribution in [3.05, 3.63) is 66.4 Å². The predicted octanol–water partition coefficient (Wildman–Crippen LogP) is 4.88. The van der Waals surface area contributed by atoms with Gasteiger partial charge in [-0.2, -0.15) is 0 Å². The van der Waals surface area contributed by atoms with E-state index in [1.54, 1.807) is 23.6 Å². The summed E-state index contributed by atoms with van der Waals surface area (Å²) in [6, 6.07) is 13.3. The van der Waals surface area contributed by atoms with E-state index < -0.39 is 0 Å². The first-order valence-corrected chi connectivity index (χ1v) is 8.95. The third-order valence-corrected chi connectivity index (χ3v) is 5.70. The molecule has 1 fully saturated rings. The monoisotopic (exact) mass is 339 g/mol. The molecule has 0 saturated heterocycles. The fourth-order valence-corrected chi connectivity index (χ4v) is 4.02. The van der Waals surface area contributed by atoms with Crippen LogP contribution in [0.3, 0.4) is 0 Å². The van der Waals surface area contributed by atoms with Crippen LogP contribution >= 0.6 is 11.3 Å². The molecule has 3 aromatic rings. The molecule has 1 aromatic carbocycles. The molecule has 3 nitrogen and oxygen atoms in total. The minimum Gasteiger partial charge on any atom is -0.375 e. The fourth-order valence-electron chi connectivity index (χ4n) is 3.20. The number of nitrogens with zero attached hydrogens (tertiary/aromatic N) is 2. The summed E-state index contributed by atoms with van der Waals surface area (Å²) in [6.45, 7) is 0.692. The number of benzene rings is 1. The molecule has 122 valence electrons. The molecule has 0 unspecified atom stereocenters. The number of thiazole rings is 1. The highest BCUT2D eigenvalue weighted by Gasteiger charge is 2.41. The number of hydrogen-bond donors (Lipinski definition) is 1. The van der Waals surface area contributed by atoms with Crippen molar-refractivity contribution in [3.63, 3.8) is 0 Å². The Labute approximate surface area is 144 Å². The number of aromatic nitrogens is 2. The quantitative estimate of drug-likeness (QED) is 0.720. The van der Waals surface area contributed by atoms with Gasteiger partial charge in [0.25, 0.3) is 0 Å². The maximum Gasteiger partial charge on any atom is 0.145 e. The average molecular weight is 339 g/mol. The SMILES string of the molecule is Fc1cccnc1C1(CNc2cnc(-c3ccccc3)s2)CCC1. The van der Waals surface area contributed by atoms with Crippen molar-refractivity contribution >= 4 is 16.3 Å². The summed E-state index contributed by atoms with van der Waals surface area (Å²) >= 11 is 1.62. The zero-order valence-corrected chi connectivity index (χ0v) is 14.0. The lowest BCUT2D eigenvalue weighted by molar-refractivity contribution is 0.244. The van der Waals surface area contributed by atoms with Crippen molar-refractivity contribution in [1.82, 2.24) is 9.97 Å². The Balaban J connectivity index is 1.50. The smallest absolute Gasteiger partial charge is 0.145 e. The number of nitrogens with one attached hydrogen (secondary N) is 1. The van der Waals surface area contributed by atoms with Gasteiger partial charge < -0.3 is 5.32 Å². The molecular weight excluding hydrogens is 321 g/mol. The highest BCUT2D eigenvalue weighted by atomic mass is 32.1. The highest BCUT2D eigenvalue weighted by Crippen LogP contribution is 2.44. The topological polar surface area (TPSA) is 37.8 Å². The normalized spacial score (nSPS) is 15.7. The van der Waals surface area contributed by atoms with Gasteiger partial charge in [0.15, 0.2) is 0 Å². The lowest BCUT2D eigenvalue weighted by Gasteiger charge is -2.41. The van der Waals surface area contributed by atoms with Gasteiger partial charge in [-0.05, 0) is 25.0 Å². The predicted molar refractivity (Wildman–Crippen MR) is 95.8 cm³/mol. The number of anilines is 1. The summed E-state index contributed by atoms with van der Waals surface area (Å²) < 4.78 is 14.2. The maximum atomic E-state index is 14.2. The van der Waals surface area contributed by atoms with Crippen LogP contribution in [0.25, 0.3) is 10.6 Å². The Morgan fingerprint density at radius 3 is 2.62 bits per heavy atom. The minimum absolute atomic E-state index is 0.192. The van der Waals surface area contributed by atoms with E-state index in [4.69, 9.17) is 0 Å². The molecule has 1 aliphatic rings. The van der Waals surface area contributed by atoms with Crippen molar-refractivity contribution in [1.29, 1.82) is 0 Å². The molecular formula is C19H18FN3S. The summed E-state index contributed by atoms with van der Waals surface area (Å²) in [6.07, 6.45) is 6.60. The molecule has 0 amide bonds. The van der Waals surface area contributed by atoms with Gasteiger partial charge in [0.2, 0.25) is 0 Å². The van der Waals surface area contributed by atoms with Gasteiger partial charge in [-0.1, -0.05) is 48.1 Å². The van der Waals surface area contributed by atoms with E-state index in [9.17, 15) is 4.39 Å². The molecule has 2 aromatic heterocycles. The van der Waals surface area contributed by atoms with Crippen LogP contribution in [-0.4, -0.2) is 16.5 Å². The molecule has 0 atom stereocenters. The summed E-state index contributed by atoms with van der Waals surface area (Å²) in [7, 11) is 0. The van der Waals surface area contributed by atoms with Crippen LogP contribution in [0.4, 0.5) is 9.39 Å². The maximum absolute atomic E-state index is 14.2. The summed E-state index contributed by atoms with van der Waals surface area (Å²) in [5, 5.41) is 5.45. The van der Waals surface area contributed by atoms with Gasteiger partial charge in [0.05, 0.1) is 11.9 Å². The van der Waals surface area contributed by atoms with Gasteiger partial charge in [0.1, 0.15) is 15.8 Å². The van der Waals surface area contributed by atoms with E-state index >= 15 is 0 Å². The van der Waals surface area contributed by atoms with Crippen molar-refractivity contribution in [3.8, 4) is 10.6 Å². The second-order valence-corrected chi connectivity index (χ2v) is 7.25. The molecule has 24 heavy (non-hydrogen) atoms. The molecule has 0 radical (unpaired) electrons. The van der Waals surface area contributed by atoms with Crippen LogP contribution < -0.4 is 5.32 Å². The van der Waals surface area contributed by atoms with Gasteiger partial charge >= 0.3 is 0 Å². The van der Waals surface area contributed by atoms with Crippen molar-refractivity contribution in [2.75, 3.05) is 11.9 Å². The second kappa shape index (κ2) is 6.32. The molecule has 5 heteroatoms. The Morgan fingerprint density at radius 1 is 1.08 bits per heavy atom. The van der Waals surface area contributed by atoms with Gasteiger partial charge in [-0.3, -0.25) is 4.98 Å². The standard InChI is InChI=1S/C19H18FN3S/c20-15-8-4-11-21-17(15)19(9-5-10-19)13-23-16-12-22-18(24-16)14-6-2-1-3-7-14/h1-4,6-8,11-12,23H,5,9-10,13H2. The number of rotatable bonds is 5. The molecule has 0 aliphatic heterocycles. The molecule has 0 bridgehead atoms. The van der Waals surface area contributed by atoms with Crippen LogP contribution in [0.15, 0.2) is 54.9 Å². The molecule has 1 aliphatic carbocycles. The zero-order chi connectivity index (χ0) is 16.4. The van der Waals surface area contributed by atoms with Gasteiger partial charge in [0, 0.05) is 23.7 Å². The Kier molecular flexibility index (Phi) is 4.02. The van der Waals surface area contributed by atoms with Crippen LogP contribution in [0.1, 0.15) is 25.0 Å². The van der Waals surface area contributed by atoms with Crippen molar-refractivity contribution in [2.45, 2.75) is 24.7 Å². The van der Waals surface area contributed by atoms with E-state index in [1.165, 1.54) is 6.07 Å². The average Bonchev–Trinajstić information content (AvgIpc) is 3.05. The first kappa shape index (κ1) is 15.3. The van der Waals surface area contributed by atoms with E-state index in [-0.39, 0.29) is 11.2 Å². The Morgan fingerprint density at radius 2 is 1.92 bits per heavy atom. The lowest BCUT2D eigenvalue weighted by atomic mass is 9.66. The van der Waals surface area contributed by atoms with E-state index in [0.717, 1.165) is 34.8 Å². The van der Waals surface area contributed by atoms with Crippen LogP contribution in [0, 0.1) is 5.82 Å². The van der Waals surface area contributed by atoms with Crippen LogP contribution in [0.2, 0.25) is 0 Å². The first-order chi connectivity index (χ1) is 11.8. The summed E-state index contributed by atoms with van der Waals surface area (Å²) in [5.74, 6) is -0.201. The van der Waals surface area contributed by atoms with Gasteiger partial charge in [-0.15, -0.1) is 0 Å². The van der Waals surface area contributed by atoms with Crippen molar-refractivity contribution in [2.24, 2.45) is 0 Å². The van der Waals surface area contributed by atoms with E-state index in [0.29, 0.717) is 12.2 Å². The zero-order valence-electron chi connectivity index (χ0n) is 13.2. The third-order valence-electron chi connectivity index (χ3n) is 4.70. The largest absolute Gasteiger partial charge is 0.375 e. The minimum atomic E-state index is -0.201. The van der Waals surface area contributed by atoms with E-state index in [1.807, 2.05) is 24.4 Å². The highest BCUT2D eigenvalue weighted by molar-refractivity contribution is 7.18. The summed E-state index contributed by atoms with van der Waals surface area (Å²) in [4.78, 5) is 8.80. The Bertz CT molecular complexity index is 827. The number of halogens is 1. The van der Waals surface area contributed by atoms with Crippen LogP contribution in [0.5, 0.6) is 0 Å².